The van der Waals surface area contributed by atoms with Gasteiger partial charge in [-0.25, -0.2) is 4.68 Å². The van der Waals surface area contributed by atoms with Crippen molar-refractivity contribution in [2.75, 3.05) is 13.2 Å². The van der Waals surface area contributed by atoms with Gasteiger partial charge >= 0.3 is 12.7 Å². The van der Waals surface area contributed by atoms with Gasteiger partial charge in [0, 0.05) is 11.8 Å². The van der Waals surface area contributed by atoms with Crippen molar-refractivity contribution in [2.45, 2.75) is 13.8 Å². The van der Waals surface area contributed by atoms with Crippen LogP contribution in [-0.2, 0) is 20.9 Å². The van der Waals surface area contributed by atoms with Gasteiger partial charge in [-0.05, 0) is 25.9 Å². The van der Waals surface area contributed by atoms with E-state index >= 15 is 0 Å². The molecule has 0 unspecified atom stereocenters. The van der Waals surface area contributed by atoms with E-state index in [1.54, 1.807) is 13.8 Å². The first-order valence-corrected chi connectivity index (χ1v) is 8.37. The topological polar surface area (TPSA) is 58.4 Å². The van der Waals surface area contributed by atoms with Crippen LogP contribution in [0.15, 0.2) is 36.5 Å². The Balaban J connectivity index is 2.42. The fraction of sp³-hybridized carbons (Fsp3) is 0.333. The zero-order valence-corrected chi connectivity index (χ0v) is 12.6. The maximum Gasteiger partial charge on any atom is 0.382 e. The molecule has 0 fully saturated rings. The summed E-state index contributed by atoms with van der Waals surface area (Å²) in [6.45, 7) is 0.961. The molecule has 0 bridgehead atoms. The average molecular weight is 318 g/mol. The Hall–Kier alpha value is -1.27. The van der Waals surface area contributed by atoms with Crippen LogP contribution in [0.4, 0.5) is 0 Å². The molecule has 6 nitrogen and oxygen atoms in total. The minimum atomic E-state index is -3.07. The standard InChI is InChI=1S/C12H16N3O3PS/c1-3-16-19(20,17-4-2)18-12-13-10-15(14-12)11-8-6-5-7-9-11/h5-10H,3-4H2,1-2H3/i5D,6D,7D,8D,9D. The van der Waals surface area contributed by atoms with Crippen LogP contribution < -0.4 is 4.52 Å². The number of benzene rings is 1. The highest BCUT2D eigenvalue weighted by Crippen LogP contribution is 2.48. The summed E-state index contributed by atoms with van der Waals surface area (Å²) in [6, 6.07) is -2.41. The minimum absolute atomic E-state index is 0.144. The monoisotopic (exact) mass is 318 g/mol. The van der Waals surface area contributed by atoms with Crippen LogP contribution in [0.2, 0.25) is 0 Å². The molecule has 8 heteroatoms. The Morgan fingerprint density at radius 3 is 2.50 bits per heavy atom. The normalized spacial score (nSPS) is 15.0. The van der Waals surface area contributed by atoms with Crippen molar-refractivity contribution >= 4 is 18.5 Å². The molecule has 0 saturated carbocycles. The Morgan fingerprint density at radius 2 is 1.90 bits per heavy atom. The van der Waals surface area contributed by atoms with Crippen LogP contribution in [0.5, 0.6) is 6.01 Å². The van der Waals surface area contributed by atoms with Gasteiger partial charge in [-0.15, -0.1) is 5.10 Å². The summed E-state index contributed by atoms with van der Waals surface area (Å²) in [4.78, 5) is 3.90. The summed E-state index contributed by atoms with van der Waals surface area (Å²) in [5.41, 5.74) is -0.144. The molecule has 0 aliphatic rings. The van der Waals surface area contributed by atoms with Crippen molar-refractivity contribution in [3.05, 3.63) is 36.5 Å². The zero-order valence-electron chi connectivity index (χ0n) is 15.9. The average Bonchev–Trinajstić information content (AvgIpc) is 2.99. The van der Waals surface area contributed by atoms with E-state index < -0.39 is 36.9 Å². The molecule has 0 amide bonds. The highest BCUT2D eigenvalue weighted by Gasteiger charge is 2.23. The zero-order chi connectivity index (χ0) is 18.8. The molecule has 0 spiro atoms. The first kappa shape index (κ1) is 9.63. The van der Waals surface area contributed by atoms with Crippen molar-refractivity contribution in [3.63, 3.8) is 0 Å². The lowest BCUT2D eigenvalue weighted by Crippen LogP contribution is -2.03. The fourth-order valence-electron chi connectivity index (χ4n) is 1.26. The predicted octanol–water partition coefficient (Wildman–Crippen LogP) is 2.94. The molecule has 0 aliphatic heterocycles. The van der Waals surface area contributed by atoms with E-state index in [1.165, 1.54) is 6.33 Å². The van der Waals surface area contributed by atoms with E-state index in [1.807, 2.05) is 0 Å². The Kier molecular flexibility index (Phi) is 3.34. The Bertz CT molecular complexity index is 796. The van der Waals surface area contributed by atoms with Crippen molar-refractivity contribution in [2.24, 2.45) is 0 Å². The lowest BCUT2D eigenvalue weighted by atomic mass is 10.3. The second-order valence-electron chi connectivity index (χ2n) is 3.32. The molecule has 2 rings (SSSR count). The summed E-state index contributed by atoms with van der Waals surface area (Å²) < 4.78 is 56.0. The summed E-state index contributed by atoms with van der Waals surface area (Å²) in [5.74, 6) is 0. The molecule has 108 valence electrons. The van der Waals surface area contributed by atoms with Gasteiger partial charge in [0.2, 0.25) is 0 Å². The number of para-hydroxylation sites is 1. The number of hydrogen-bond acceptors (Lipinski definition) is 6. The van der Waals surface area contributed by atoms with E-state index in [4.69, 9.17) is 32.2 Å². The third-order valence-electron chi connectivity index (χ3n) is 1.95. The van der Waals surface area contributed by atoms with E-state index in [9.17, 15) is 0 Å². The van der Waals surface area contributed by atoms with Crippen LogP contribution >= 0.6 is 6.72 Å². The van der Waals surface area contributed by atoms with Gasteiger partial charge in [0.1, 0.15) is 6.33 Å². The van der Waals surface area contributed by atoms with Crippen LogP contribution in [0.1, 0.15) is 20.7 Å². The molecule has 1 aromatic carbocycles. The number of aromatic nitrogens is 3. The molecule has 0 saturated heterocycles. The lowest BCUT2D eigenvalue weighted by Gasteiger charge is -2.18. The smallest absolute Gasteiger partial charge is 0.382 e. The fourth-order valence-corrected chi connectivity index (χ4v) is 3.19. The third kappa shape index (κ3) is 3.86. The molecule has 0 atom stereocenters. The molecule has 0 radical (unpaired) electrons. The molecule has 20 heavy (non-hydrogen) atoms. The molecule has 2 aromatic rings. The van der Waals surface area contributed by atoms with Crippen LogP contribution in [-0.4, -0.2) is 28.0 Å². The summed E-state index contributed by atoms with van der Waals surface area (Å²) in [5, 5.41) is 3.98. The van der Waals surface area contributed by atoms with E-state index in [-0.39, 0.29) is 24.9 Å². The largest absolute Gasteiger partial charge is 0.388 e. The third-order valence-corrected chi connectivity index (χ3v) is 4.35. The number of rotatable bonds is 7. The van der Waals surface area contributed by atoms with Crippen molar-refractivity contribution in [1.82, 2.24) is 14.8 Å². The molecule has 0 N–H and O–H groups in total. The van der Waals surface area contributed by atoms with Crippen LogP contribution in [0, 0.1) is 0 Å². The van der Waals surface area contributed by atoms with Crippen molar-refractivity contribution < 1.29 is 20.4 Å². The molecule has 1 heterocycles. The van der Waals surface area contributed by atoms with Gasteiger partial charge in [0.05, 0.1) is 25.8 Å². The maximum atomic E-state index is 7.93. The summed E-state index contributed by atoms with van der Waals surface area (Å²) >= 11 is 5.21. The highest BCUT2D eigenvalue weighted by molar-refractivity contribution is 8.07. The predicted molar refractivity (Wildman–Crippen MR) is 79.5 cm³/mol. The minimum Gasteiger partial charge on any atom is -0.388 e. The molecule has 1 aromatic heterocycles. The SMILES string of the molecule is [2H]c1c([2H])c([2H])c(-n2cnc(OP(=S)(OCC)OCC)n2)c([2H])c1[2H]. The molecular weight excluding hydrogens is 297 g/mol. The van der Waals surface area contributed by atoms with E-state index in [2.05, 4.69) is 10.1 Å². The Labute approximate surface area is 130 Å². The first-order chi connectivity index (χ1) is 11.7. The van der Waals surface area contributed by atoms with Gasteiger partial charge in [0.15, 0.2) is 0 Å². The van der Waals surface area contributed by atoms with Crippen LogP contribution in [0.25, 0.3) is 5.69 Å². The van der Waals surface area contributed by atoms with Gasteiger partial charge in [-0.3, -0.25) is 9.05 Å². The lowest BCUT2D eigenvalue weighted by molar-refractivity contribution is 0.214. The second-order valence-corrected chi connectivity index (χ2v) is 6.25. The molecular formula is C12H16N3O3PS. The maximum absolute atomic E-state index is 7.93. The summed E-state index contributed by atoms with van der Waals surface area (Å²) in [7, 11) is 0. The second kappa shape index (κ2) is 6.95. The highest BCUT2D eigenvalue weighted by atomic mass is 32.5. The van der Waals surface area contributed by atoms with E-state index in [0.29, 0.717) is 0 Å². The summed E-state index contributed by atoms with van der Waals surface area (Å²) in [6.07, 6.45) is 1.17. The quantitative estimate of drug-likeness (QED) is 0.732. The van der Waals surface area contributed by atoms with Crippen molar-refractivity contribution in [1.29, 1.82) is 0 Å². The van der Waals surface area contributed by atoms with Crippen LogP contribution in [0.3, 0.4) is 0 Å². The van der Waals surface area contributed by atoms with Gasteiger partial charge < -0.3 is 4.52 Å². The van der Waals surface area contributed by atoms with Gasteiger partial charge in [-0.1, -0.05) is 18.1 Å². The van der Waals surface area contributed by atoms with E-state index in [0.717, 1.165) is 4.68 Å². The molecule has 0 aliphatic carbocycles. The first-order valence-electron chi connectivity index (χ1n) is 8.31. The Morgan fingerprint density at radius 1 is 1.25 bits per heavy atom. The van der Waals surface area contributed by atoms with Crippen molar-refractivity contribution in [3.8, 4) is 11.7 Å². The number of nitrogens with zero attached hydrogens (tertiary/aromatic N) is 3. The number of hydrogen-bond donors (Lipinski definition) is 0. The van der Waals surface area contributed by atoms with Gasteiger partial charge in [0.25, 0.3) is 0 Å². The van der Waals surface area contributed by atoms with Gasteiger partial charge in [-0.2, -0.15) is 4.98 Å².